The zero-order valence-corrected chi connectivity index (χ0v) is 23.2. The summed E-state index contributed by atoms with van der Waals surface area (Å²) in [6.45, 7) is 0. The number of benzene rings is 2. The number of carbonyl (C=O) groups excluding carboxylic acids is 2. The van der Waals surface area contributed by atoms with Gasteiger partial charge >= 0.3 is 6.18 Å². The Morgan fingerprint density at radius 2 is 1.83 bits per heavy atom. The number of hydrogen-bond acceptors (Lipinski definition) is 3. The summed E-state index contributed by atoms with van der Waals surface area (Å²) in [7, 11) is 1.56. The van der Waals surface area contributed by atoms with Gasteiger partial charge in [-0.15, -0.1) is 0 Å². The monoisotopic (exact) mass is 650 g/mol. The van der Waals surface area contributed by atoms with Crippen molar-refractivity contribution < 1.29 is 31.5 Å². The van der Waals surface area contributed by atoms with Crippen molar-refractivity contribution in [1.82, 2.24) is 14.2 Å². The third-order valence-corrected chi connectivity index (χ3v) is 7.04. The summed E-state index contributed by atoms with van der Waals surface area (Å²) in [5.74, 6) is -3.93. The minimum absolute atomic E-state index is 0.0645. The molecule has 5 rings (SSSR count). The van der Waals surface area contributed by atoms with Gasteiger partial charge in [0.25, 0.3) is 0 Å². The number of nitrogens with zero attached hydrogens (tertiary/aromatic N) is 3. The summed E-state index contributed by atoms with van der Waals surface area (Å²) in [6, 6.07) is 8.08. The molecule has 0 atom stereocenters. The van der Waals surface area contributed by atoms with E-state index in [0.717, 1.165) is 24.3 Å². The van der Waals surface area contributed by atoms with E-state index in [1.807, 2.05) is 0 Å². The maximum Gasteiger partial charge on any atom is 0.417 e. The van der Waals surface area contributed by atoms with Crippen LogP contribution >= 0.6 is 27.5 Å². The highest BCUT2D eigenvalue weighted by molar-refractivity contribution is 9.09. The van der Waals surface area contributed by atoms with Crippen LogP contribution in [0.15, 0.2) is 67.0 Å². The molecule has 210 valence electrons. The highest BCUT2D eigenvalue weighted by Gasteiger charge is 2.37. The van der Waals surface area contributed by atoms with Gasteiger partial charge < -0.3 is 9.72 Å². The molecule has 5 aromatic rings. The lowest BCUT2D eigenvalue weighted by molar-refractivity contribution is -0.137. The first kappa shape index (κ1) is 28.5. The number of halogens is 7. The molecule has 2 aromatic carbocycles. The predicted octanol–water partition coefficient (Wildman–Crippen LogP) is 7.56. The van der Waals surface area contributed by atoms with E-state index >= 15 is 0 Å². The summed E-state index contributed by atoms with van der Waals surface area (Å²) in [6.07, 6.45) is 0.669. The summed E-state index contributed by atoms with van der Waals surface area (Å²) < 4.78 is 74.8. The molecule has 1 amide bonds. The first-order chi connectivity index (χ1) is 19.4. The number of nitrogens with one attached hydrogen (secondary N) is 1. The molecule has 0 aliphatic heterocycles. The number of aryl methyl sites for hydroxylation is 1. The lowest BCUT2D eigenvalue weighted by Gasteiger charge is -2.16. The minimum Gasteiger partial charge on any atom is -0.318 e. The molecule has 1 N–H and O–H groups in total. The fraction of sp³-hybridized carbons (Fsp3) is 0.107. The number of ketones is 1. The van der Waals surface area contributed by atoms with Gasteiger partial charge in [0.15, 0.2) is 0 Å². The second-order valence-electron chi connectivity index (χ2n) is 8.93. The molecule has 41 heavy (non-hydrogen) atoms. The molecule has 0 spiro atoms. The zero-order chi connectivity index (χ0) is 29.6. The predicted molar refractivity (Wildman–Crippen MR) is 148 cm³/mol. The fourth-order valence-electron chi connectivity index (χ4n) is 4.55. The van der Waals surface area contributed by atoms with E-state index in [1.54, 1.807) is 7.05 Å². The van der Waals surface area contributed by atoms with Gasteiger partial charge in [-0.3, -0.25) is 14.3 Å². The Balaban J connectivity index is 1.61. The molecule has 0 saturated carbocycles. The smallest absolute Gasteiger partial charge is 0.318 e. The molecule has 13 heteroatoms. The van der Waals surface area contributed by atoms with Crippen molar-refractivity contribution in [3.05, 3.63) is 100 Å². The number of allylic oxidation sites excluding steroid dienone is 1. The van der Waals surface area contributed by atoms with E-state index in [1.165, 1.54) is 51.8 Å². The highest BCUT2D eigenvalue weighted by atomic mass is 79.9. The third-order valence-electron chi connectivity index (χ3n) is 6.27. The molecule has 0 bridgehead atoms. The van der Waals surface area contributed by atoms with Crippen molar-refractivity contribution in [2.24, 2.45) is 7.05 Å². The average Bonchev–Trinajstić information content (AvgIpc) is 3.52. The van der Waals surface area contributed by atoms with Crippen LogP contribution in [0.4, 0.5) is 27.6 Å². The number of pyridine rings is 1. The van der Waals surface area contributed by atoms with E-state index in [0.29, 0.717) is 10.7 Å². The van der Waals surface area contributed by atoms with E-state index in [2.05, 4.69) is 26.3 Å². The molecule has 3 aromatic heterocycles. The van der Waals surface area contributed by atoms with Crippen LogP contribution in [0.5, 0.6) is 0 Å². The Hall–Kier alpha value is -4.03. The zero-order valence-electron chi connectivity index (χ0n) is 20.9. The SMILES string of the molecule is Cn1cc2c(Cl)c(-c3cccn4c(C(=O)c5cc(F)c(NC(=O)/C=C/CBr)c(F)c5)ccc34)c(C(F)(F)F)cc2n1. The van der Waals surface area contributed by atoms with E-state index in [9.17, 15) is 31.5 Å². The van der Waals surface area contributed by atoms with Crippen LogP contribution in [0.2, 0.25) is 5.02 Å². The summed E-state index contributed by atoms with van der Waals surface area (Å²) in [4.78, 5) is 25.2. The lowest BCUT2D eigenvalue weighted by Crippen LogP contribution is -2.13. The van der Waals surface area contributed by atoms with E-state index in [4.69, 9.17) is 11.6 Å². The van der Waals surface area contributed by atoms with Crippen LogP contribution in [0, 0.1) is 11.6 Å². The van der Waals surface area contributed by atoms with Crippen molar-refractivity contribution in [1.29, 1.82) is 0 Å². The number of alkyl halides is 4. The molecule has 6 nitrogen and oxygen atoms in total. The Morgan fingerprint density at radius 1 is 1.12 bits per heavy atom. The van der Waals surface area contributed by atoms with Crippen molar-refractivity contribution >= 4 is 61.3 Å². The highest BCUT2D eigenvalue weighted by Crippen LogP contribution is 2.45. The number of fused-ring (bicyclic) bond motifs is 2. The minimum atomic E-state index is -4.78. The Labute approximate surface area is 242 Å². The topological polar surface area (TPSA) is 68.4 Å². The normalized spacial score (nSPS) is 12.1. The summed E-state index contributed by atoms with van der Waals surface area (Å²) in [5, 5.41) is 6.63. The van der Waals surface area contributed by atoms with Gasteiger partial charge in [-0.1, -0.05) is 39.7 Å². The lowest BCUT2D eigenvalue weighted by atomic mass is 9.97. The standard InChI is InChI=1S/C28H17BrClF5N4O2/c1-38-13-16-20(37-38)12-17(28(33,34)35)24(25(16)30)15-4-3-9-39-21(15)6-7-22(39)27(41)14-10-18(31)26(19(32)11-14)36-23(40)5-2-8-29/h2-7,9-13H,8H2,1H3,(H,36,40)/b5-2+. The van der Waals surface area contributed by atoms with Crippen LogP contribution < -0.4 is 5.32 Å². The Kier molecular flexibility index (Phi) is 7.47. The quantitative estimate of drug-likeness (QED) is 0.0892. The van der Waals surface area contributed by atoms with Gasteiger partial charge in [0.05, 0.1) is 27.3 Å². The first-order valence-corrected chi connectivity index (χ1v) is 13.3. The molecule has 3 heterocycles. The van der Waals surface area contributed by atoms with Crippen LogP contribution in [0.25, 0.3) is 27.5 Å². The van der Waals surface area contributed by atoms with Crippen LogP contribution in [-0.2, 0) is 18.0 Å². The molecule has 0 aliphatic rings. The molecule has 0 saturated heterocycles. The average molecular weight is 652 g/mol. The molecular formula is C28H17BrClF5N4O2. The molecule has 0 aliphatic carbocycles. The van der Waals surface area contributed by atoms with Gasteiger partial charge in [0.1, 0.15) is 17.3 Å². The summed E-state index contributed by atoms with van der Waals surface area (Å²) in [5.41, 5.74) is -2.12. The van der Waals surface area contributed by atoms with Gasteiger partial charge in [-0.05, 0) is 36.4 Å². The third kappa shape index (κ3) is 5.24. The summed E-state index contributed by atoms with van der Waals surface area (Å²) >= 11 is 9.61. The maximum absolute atomic E-state index is 14.7. The van der Waals surface area contributed by atoms with Crippen LogP contribution in [0.1, 0.15) is 21.6 Å². The molecule has 0 unspecified atom stereocenters. The first-order valence-electron chi connectivity index (χ1n) is 11.8. The fourth-order valence-corrected chi connectivity index (χ4v) is 5.09. The Morgan fingerprint density at radius 3 is 2.49 bits per heavy atom. The molecular weight excluding hydrogens is 635 g/mol. The Bertz CT molecular complexity index is 1870. The number of carbonyl (C=O) groups is 2. The number of hydrogen-bond donors (Lipinski definition) is 1. The maximum atomic E-state index is 14.7. The second kappa shape index (κ2) is 10.7. The van der Waals surface area contributed by atoms with Crippen LogP contribution in [0.3, 0.4) is 0 Å². The van der Waals surface area contributed by atoms with Gasteiger partial charge in [0.2, 0.25) is 11.7 Å². The van der Waals surface area contributed by atoms with Crippen molar-refractivity contribution in [2.45, 2.75) is 6.18 Å². The van der Waals surface area contributed by atoms with Crippen molar-refractivity contribution in [2.75, 3.05) is 10.6 Å². The van der Waals surface area contributed by atoms with E-state index < -0.39 is 40.8 Å². The molecule has 0 radical (unpaired) electrons. The number of anilines is 1. The van der Waals surface area contributed by atoms with Gasteiger partial charge in [0, 0.05) is 52.9 Å². The largest absolute Gasteiger partial charge is 0.417 e. The number of amides is 1. The van der Waals surface area contributed by atoms with Crippen LogP contribution in [-0.4, -0.2) is 31.2 Å². The number of rotatable bonds is 6. The van der Waals surface area contributed by atoms with Gasteiger partial charge in [-0.2, -0.15) is 18.3 Å². The second-order valence-corrected chi connectivity index (χ2v) is 9.96. The van der Waals surface area contributed by atoms with Gasteiger partial charge in [-0.25, -0.2) is 8.78 Å². The molecule has 0 fully saturated rings. The number of aromatic nitrogens is 3. The van der Waals surface area contributed by atoms with Crippen molar-refractivity contribution in [3.8, 4) is 11.1 Å². The van der Waals surface area contributed by atoms with E-state index in [-0.39, 0.29) is 38.4 Å². The van der Waals surface area contributed by atoms with Crippen molar-refractivity contribution in [3.63, 3.8) is 0 Å².